The second-order valence-electron chi connectivity index (χ2n) is 4.47. The molecule has 0 N–H and O–H groups in total. The van der Waals surface area contributed by atoms with E-state index in [-0.39, 0.29) is 10.6 Å². The summed E-state index contributed by atoms with van der Waals surface area (Å²) in [5.74, 6) is 0.983. The van der Waals surface area contributed by atoms with E-state index >= 15 is 0 Å². The summed E-state index contributed by atoms with van der Waals surface area (Å²) in [4.78, 5) is 0.103. The second-order valence-corrected chi connectivity index (χ2v) is 5.57. The average molecular weight is 357 g/mol. The molecule has 21 heavy (non-hydrogen) atoms. The third-order valence-electron chi connectivity index (χ3n) is 3.04. The Morgan fingerprint density at radius 1 is 0.952 bits per heavy atom. The minimum atomic E-state index is -2.80. The Morgan fingerprint density at radius 3 is 2.05 bits per heavy atom. The van der Waals surface area contributed by atoms with Crippen LogP contribution in [0.3, 0.4) is 0 Å². The number of hydrogen-bond donors (Lipinski definition) is 0. The van der Waals surface area contributed by atoms with Crippen molar-refractivity contribution >= 4 is 15.9 Å². The third-order valence-corrected chi connectivity index (χ3v) is 3.89. The molecule has 2 rings (SSSR count). The molecule has 0 aliphatic heterocycles. The fraction of sp³-hybridized carbons (Fsp3) is 0.250. The lowest BCUT2D eigenvalue weighted by atomic mass is 10.0. The van der Waals surface area contributed by atoms with Gasteiger partial charge in [-0.2, -0.15) is 8.78 Å². The van der Waals surface area contributed by atoms with E-state index in [2.05, 4.69) is 20.7 Å². The molecule has 2 aromatic carbocycles. The molecular weight excluding hydrogens is 342 g/mol. The maximum atomic E-state index is 12.1. The number of rotatable bonds is 6. The molecule has 2 aromatic rings. The Kier molecular flexibility index (Phi) is 5.56. The number of benzene rings is 2. The first-order valence-corrected chi connectivity index (χ1v) is 7.32. The summed E-state index contributed by atoms with van der Waals surface area (Å²) in [5.41, 5.74) is 2.16. The second kappa shape index (κ2) is 7.41. The Hall–Kier alpha value is -1.62. The van der Waals surface area contributed by atoms with Crippen LogP contribution in [0.15, 0.2) is 48.5 Å². The van der Waals surface area contributed by atoms with Gasteiger partial charge in [0.25, 0.3) is 0 Å². The zero-order valence-corrected chi connectivity index (χ0v) is 13.0. The Balaban J connectivity index is 2.00. The van der Waals surface area contributed by atoms with Gasteiger partial charge >= 0.3 is 6.61 Å². The van der Waals surface area contributed by atoms with Gasteiger partial charge in [0.1, 0.15) is 11.5 Å². The summed E-state index contributed by atoms with van der Waals surface area (Å²) in [6, 6.07) is 14.5. The van der Waals surface area contributed by atoms with Crippen LogP contribution in [-0.4, -0.2) is 13.7 Å². The van der Waals surface area contributed by atoms with E-state index in [1.54, 1.807) is 31.4 Å². The summed E-state index contributed by atoms with van der Waals surface area (Å²) in [5, 5.41) is 0. The van der Waals surface area contributed by atoms with Gasteiger partial charge in [0, 0.05) is 4.83 Å². The van der Waals surface area contributed by atoms with Gasteiger partial charge in [-0.15, -0.1) is 0 Å². The van der Waals surface area contributed by atoms with E-state index in [4.69, 9.17) is 4.74 Å². The molecule has 0 spiro atoms. The van der Waals surface area contributed by atoms with Gasteiger partial charge < -0.3 is 9.47 Å². The van der Waals surface area contributed by atoms with Gasteiger partial charge in [-0.05, 0) is 41.8 Å². The van der Waals surface area contributed by atoms with Crippen molar-refractivity contribution in [2.45, 2.75) is 17.9 Å². The van der Waals surface area contributed by atoms with Gasteiger partial charge in [-0.25, -0.2) is 0 Å². The Bertz CT molecular complexity index is 555. The minimum absolute atomic E-state index is 0.103. The van der Waals surface area contributed by atoms with E-state index in [0.717, 1.165) is 23.3 Å². The van der Waals surface area contributed by atoms with E-state index in [1.807, 2.05) is 24.3 Å². The molecule has 1 unspecified atom stereocenters. The normalized spacial score (nSPS) is 12.2. The molecule has 0 aliphatic rings. The van der Waals surface area contributed by atoms with Crippen molar-refractivity contribution in [1.29, 1.82) is 0 Å². The quantitative estimate of drug-likeness (QED) is 0.680. The van der Waals surface area contributed by atoms with Crippen LogP contribution < -0.4 is 9.47 Å². The van der Waals surface area contributed by atoms with Gasteiger partial charge in [-0.1, -0.05) is 40.2 Å². The maximum absolute atomic E-state index is 12.1. The lowest BCUT2D eigenvalue weighted by Crippen LogP contribution is -2.02. The first-order chi connectivity index (χ1) is 10.1. The maximum Gasteiger partial charge on any atom is 0.387 e. The van der Waals surface area contributed by atoms with Crippen molar-refractivity contribution in [3.8, 4) is 11.5 Å². The fourth-order valence-electron chi connectivity index (χ4n) is 1.94. The van der Waals surface area contributed by atoms with Gasteiger partial charge in [-0.3, -0.25) is 0 Å². The van der Waals surface area contributed by atoms with Crippen molar-refractivity contribution in [3.05, 3.63) is 59.7 Å². The highest BCUT2D eigenvalue weighted by Crippen LogP contribution is 2.29. The van der Waals surface area contributed by atoms with E-state index in [9.17, 15) is 8.78 Å². The minimum Gasteiger partial charge on any atom is -0.497 e. The van der Waals surface area contributed by atoms with Crippen molar-refractivity contribution in [2.24, 2.45) is 0 Å². The molecule has 0 radical (unpaired) electrons. The van der Waals surface area contributed by atoms with Crippen molar-refractivity contribution in [1.82, 2.24) is 0 Å². The van der Waals surface area contributed by atoms with Crippen molar-refractivity contribution in [2.75, 3.05) is 7.11 Å². The zero-order valence-electron chi connectivity index (χ0n) is 11.4. The molecule has 0 saturated heterocycles. The third kappa shape index (κ3) is 4.70. The highest BCUT2D eigenvalue weighted by atomic mass is 79.9. The van der Waals surface area contributed by atoms with Crippen LogP contribution in [0.4, 0.5) is 8.78 Å². The molecule has 0 amide bonds. The van der Waals surface area contributed by atoms with E-state index in [0.29, 0.717) is 0 Å². The van der Waals surface area contributed by atoms with E-state index < -0.39 is 6.61 Å². The van der Waals surface area contributed by atoms with Crippen LogP contribution in [0.2, 0.25) is 0 Å². The molecule has 112 valence electrons. The predicted octanol–water partition coefficient (Wildman–Crippen LogP) is 4.98. The molecular formula is C16H15BrF2O2. The topological polar surface area (TPSA) is 18.5 Å². The average Bonchev–Trinajstić information content (AvgIpc) is 2.48. The van der Waals surface area contributed by atoms with Crippen LogP contribution in [-0.2, 0) is 6.42 Å². The van der Waals surface area contributed by atoms with Gasteiger partial charge in [0.2, 0.25) is 0 Å². The molecule has 5 heteroatoms. The number of alkyl halides is 3. The molecule has 0 heterocycles. The summed E-state index contributed by atoms with van der Waals surface area (Å²) in [6.45, 7) is -2.80. The standard InChI is InChI=1S/C16H15BrF2O2/c1-20-13-6-2-11(3-7-13)10-15(17)12-4-8-14(9-5-12)21-16(18)19/h2-9,15-16H,10H2,1H3. The summed E-state index contributed by atoms with van der Waals surface area (Å²) < 4.78 is 33.6. The van der Waals surface area contributed by atoms with Crippen LogP contribution in [0.25, 0.3) is 0 Å². The fourth-order valence-corrected chi connectivity index (χ4v) is 2.62. The number of ether oxygens (including phenoxy) is 2. The SMILES string of the molecule is COc1ccc(CC(Br)c2ccc(OC(F)F)cc2)cc1. The van der Waals surface area contributed by atoms with Gasteiger partial charge in [0.15, 0.2) is 0 Å². The molecule has 0 fully saturated rings. The molecule has 0 bridgehead atoms. The van der Waals surface area contributed by atoms with Crippen molar-refractivity contribution in [3.63, 3.8) is 0 Å². The monoisotopic (exact) mass is 356 g/mol. The summed E-state index contributed by atoms with van der Waals surface area (Å²) in [6.07, 6.45) is 0.791. The molecule has 0 aliphatic carbocycles. The molecule has 0 aromatic heterocycles. The van der Waals surface area contributed by atoms with Crippen LogP contribution >= 0.6 is 15.9 Å². The summed E-state index contributed by atoms with van der Waals surface area (Å²) in [7, 11) is 1.63. The van der Waals surface area contributed by atoms with Gasteiger partial charge in [0.05, 0.1) is 7.11 Å². The summed E-state index contributed by atoms with van der Waals surface area (Å²) >= 11 is 3.61. The largest absolute Gasteiger partial charge is 0.497 e. The predicted molar refractivity (Wildman–Crippen MR) is 81.4 cm³/mol. The number of methoxy groups -OCH3 is 1. The lowest BCUT2D eigenvalue weighted by molar-refractivity contribution is -0.0498. The first kappa shape index (κ1) is 15.8. The highest BCUT2D eigenvalue weighted by Gasteiger charge is 2.10. The lowest BCUT2D eigenvalue weighted by Gasteiger charge is -2.12. The Morgan fingerprint density at radius 2 is 1.52 bits per heavy atom. The highest BCUT2D eigenvalue weighted by molar-refractivity contribution is 9.09. The molecule has 0 saturated carbocycles. The van der Waals surface area contributed by atoms with Crippen molar-refractivity contribution < 1.29 is 18.3 Å². The smallest absolute Gasteiger partial charge is 0.387 e. The first-order valence-electron chi connectivity index (χ1n) is 6.40. The number of halogens is 3. The molecule has 1 atom stereocenters. The zero-order chi connectivity index (χ0) is 15.2. The Labute approximate surface area is 130 Å². The van der Waals surface area contributed by atoms with E-state index in [1.165, 1.54) is 0 Å². The van der Waals surface area contributed by atoms with Crippen LogP contribution in [0.1, 0.15) is 16.0 Å². The number of hydrogen-bond acceptors (Lipinski definition) is 2. The molecule has 2 nitrogen and oxygen atoms in total. The van der Waals surface area contributed by atoms with Crippen LogP contribution in [0, 0.1) is 0 Å². The van der Waals surface area contributed by atoms with Crippen LogP contribution in [0.5, 0.6) is 11.5 Å².